The van der Waals surface area contributed by atoms with Crippen LogP contribution in [0.1, 0.15) is 24.0 Å². The Labute approximate surface area is 129 Å². The Bertz CT molecular complexity index is 737. The summed E-state index contributed by atoms with van der Waals surface area (Å²) in [6.07, 6.45) is 4.76. The maximum Gasteiger partial charge on any atom is 0.289 e. The van der Waals surface area contributed by atoms with Gasteiger partial charge in [0.25, 0.3) is 5.56 Å². The summed E-state index contributed by atoms with van der Waals surface area (Å²) < 4.78 is 6.40. The molecule has 0 bridgehead atoms. The lowest BCUT2D eigenvalue weighted by atomic mass is 9.90. The van der Waals surface area contributed by atoms with Crippen molar-refractivity contribution in [3.05, 3.63) is 45.7 Å². The van der Waals surface area contributed by atoms with Crippen LogP contribution in [-0.2, 0) is 24.1 Å². The van der Waals surface area contributed by atoms with Gasteiger partial charge in [-0.3, -0.25) is 4.79 Å². The van der Waals surface area contributed by atoms with Gasteiger partial charge in [-0.05, 0) is 48.9 Å². The van der Waals surface area contributed by atoms with Gasteiger partial charge < -0.3 is 10.5 Å². The van der Waals surface area contributed by atoms with Crippen LogP contribution in [0.25, 0.3) is 11.3 Å². The number of aromatic nitrogens is 2. The van der Waals surface area contributed by atoms with E-state index in [0.29, 0.717) is 13.2 Å². The molecule has 0 atom stereocenters. The molecule has 1 aromatic heterocycles. The predicted octanol–water partition coefficient (Wildman–Crippen LogP) is 2.02. The number of benzene rings is 1. The van der Waals surface area contributed by atoms with Crippen molar-refractivity contribution in [2.45, 2.75) is 32.2 Å². The van der Waals surface area contributed by atoms with Crippen LogP contribution in [0, 0.1) is 0 Å². The summed E-state index contributed by atoms with van der Waals surface area (Å²) in [6.45, 7) is 0.832. The monoisotopic (exact) mass is 299 g/mol. The van der Waals surface area contributed by atoms with Crippen LogP contribution in [0.15, 0.2) is 29.1 Å². The van der Waals surface area contributed by atoms with Crippen LogP contribution in [-0.4, -0.2) is 23.5 Å². The highest BCUT2D eigenvalue weighted by Crippen LogP contribution is 2.26. The number of methoxy groups -OCH3 is 1. The van der Waals surface area contributed by atoms with Crippen LogP contribution in [0.5, 0.6) is 0 Å². The van der Waals surface area contributed by atoms with Crippen molar-refractivity contribution in [1.29, 1.82) is 0 Å². The largest absolute Gasteiger partial charge is 0.394 e. The zero-order valence-corrected chi connectivity index (χ0v) is 12.8. The normalized spacial score (nSPS) is 13.9. The second kappa shape index (κ2) is 6.32. The number of nitrogen functional groups attached to an aromatic ring is 1. The molecule has 0 spiro atoms. The number of nitrogens with two attached hydrogens (primary N) is 1. The van der Waals surface area contributed by atoms with E-state index in [2.05, 4.69) is 23.3 Å². The molecule has 3 rings (SSSR count). The van der Waals surface area contributed by atoms with Crippen molar-refractivity contribution in [3.8, 4) is 11.3 Å². The standard InChI is InChI=1S/C17H21N3O2/c1-22-9-8-20-17(21)15(18)11-16(19-20)14-7-6-12-4-2-3-5-13(12)10-14/h6-7,10-11H,2-5,8-9,18H2,1H3. The SMILES string of the molecule is COCCn1nc(-c2ccc3c(c2)CCCC3)cc(N)c1=O. The van der Waals surface area contributed by atoms with Gasteiger partial charge in [0, 0.05) is 12.7 Å². The Balaban J connectivity index is 2.00. The molecule has 0 unspecified atom stereocenters. The molecule has 116 valence electrons. The lowest BCUT2D eigenvalue weighted by molar-refractivity contribution is 0.182. The molecule has 2 N–H and O–H groups in total. The van der Waals surface area contributed by atoms with Crippen molar-refractivity contribution in [1.82, 2.24) is 9.78 Å². The van der Waals surface area contributed by atoms with E-state index in [1.807, 2.05) is 0 Å². The molecule has 0 aliphatic heterocycles. The lowest BCUT2D eigenvalue weighted by Crippen LogP contribution is -2.27. The first-order chi connectivity index (χ1) is 10.7. The molecule has 0 fully saturated rings. The Kier molecular flexibility index (Phi) is 4.24. The number of hydrogen-bond donors (Lipinski definition) is 1. The first kappa shape index (κ1) is 14.8. The minimum absolute atomic E-state index is 0.221. The van der Waals surface area contributed by atoms with Gasteiger partial charge in [-0.25, -0.2) is 4.68 Å². The van der Waals surface area contributed by atoms with Crippen molar-refractivity contribution in [2.24, 2.45) is 0 Å². The summed E-state index contributed by atoms with van der Waals surface area (Å²) >= 11 is 0. The van der Waals surface area contributed by atoms with E-state index in [1.54, 1.807) is 13.2 Å². The van der Waals surface area contributed by atoms with Crippen LogP contribution < -0.4 is 11.3 Å². The average Bonchev–Trinajstić information content (AvgIpc) is 2.55. The van der Waals surface area contributed by atoms with Crippen LogP contribution in [0.4, 0.5) is 5.69 Å². The molecule has 1 aliphatic carbocycles. The fraction of sp³-hybridized carbons (Fsp3) is 0.412. The number of ether oxygens (including phenoxy) is 1. The fourth-order valence-corrected chi connectivity index (χ4v) is 2.93. The third-order valence-corrected chi connectivity index (χ3v) is 4.15. The van der Waals surface area contributed by atoms with Gasteiger partial charge in [0.05, 0.1) is 18.8 Å². The predicted molar refractivity (Wildman–Crippen MR) is 86.9 cm³/mol. The van der Waals surface area contributed by atoms with Crippen LogP contribution in [0.3, 0.4) is 0 Å². The zero-order valence-electron chi connectivity index (χ0n) is 12.8. The van der Waals surface area contributed by atoms with Crippen molar-refractivity contribution in [2.75, 3.05) is 19.5 Å². The van der Waals surface area contributed by atoms with E-state index >= 15 is 0 Å². The maximum atomic E-state index is 12.0. The highest BCUT2D eigenvalue weighted by Gasteiger charge is 2.12. The van der Waals surface area contributed by atoms with Gasteiger partial charge in [-0.1, -0.05) is 12.1 Å². The van der Waals surface area contributed by atoms with Gasteiger partial charge in [0.1, 0.15) is 5.69 Å². The number of hydrogen-bond acceptors (Lipinski definition) is 4. The summed E-state index contributed by atoms with van der Waals surface area (Å²) in [5, 5.41) is 4.43. The first-order valence-electron chi connectivity index (χ1n) is 7.68. The minimum Gasteiger partial charge on any atom is -0.394 e. The lowest BCUT2D eigenvalue weighted by Gasteiger charge is -2.17. The summed E-state index contributed by atoms with van der Waals surface area (Å²) in [5.41, 5.74) is 10.4. The Morgan fingerprint density at radius 1 is 1.23 bits per heavy atom. The second-order valence-corrected chi connectivity index (χ2v) is 5.70. The van der Waals surface area contributed by atoms with Gasteiger partial charge >= 0.3 is 0 Å². The number of fused-ring (bicyclic) bond motifs is 1. The number of anilines is 1. The maximum absolute atomic E-state index is 12.0. The molecule has 0 radical (unpaired) electrons. The zero-order chi connectivity index (χ0) is 15.5. The van der Waals surface area contributed by atoms with E-state index in [4.69, 9.17) is 10.5 Å². The molecular weight excluding hydrogens is 278 g/mol. The van der Waals surface area contributed by atoms with Crippen molar-refractivity contribution >= 4 is 5.69 Å². The summed E-state index contributed by atoms with van der Waals surface area (Å²) in [4.78, 5) is 12.0. The highest BCUT2D eigenvalue weighted by atomic mass is 16.5. The number of rotatable bonds is 4. The smallest absolute Gasteiger partial charge is 0.289 e. The molecule has 1 aromatic carbocycles. The van der Waals surface area contributed by atoms with E-state index < -0.39 is 0 Å². The van der Waals surface area contributed by atoms with Crippen molar-refractivity contribution < 1.29 is 4.74 Å². The number of nitrogens with zero attached hydrogens (tertiary/aromatic N) is 2. The molecule has 5 heteroatoms. The molecule has 1 aliphatic rings. The molecule has 0 amide bonds. The minimum atomic E-state index is -0.265. The van der Waals surface area contributed by atoms with E-state index in [0.717, 1.165) is 24.1 Å². The number of aryl methyl sites for hydroxylation is 2. The third kappa shape index (κ3) is 2.90. The molecule has 5 nitrogen and oxygen atoms in total. The molecule has 0 saturated heterocycles. The van der Waals surface area contributed by atoms with E-state index in [9.17, 15) is 4.79 Å². The quantitative estimate of drug-likeness (QED) is 0.937. The van der Waals surface area contributed by atoms with E-state index in [1.165, 1.54) is 28.7 Å². The molecular formula is C17H21N3O2. The highest BCUT2D eigenvalue weighted by molar-refractivity contribution is 5.64. The van der Waals surface area contributed by atoms with Gasteiger partial charge in [-0.2, -0.15) is 5.10 Å². The molecule has 1 heterocycles. The Morgan fingerprint density at radius 3 is 2.77 bits per heavy atom. The van der Waals surface area contributed by atoms with E-state index in [-0.39, 0.29) is 11.2 Å². The Morgan fingerprint density at radius 2 is 2.00 bits per heavy atom. The summed E-state index contributed by atoms with van der Waals surface area (Å²) in [7, 11) is 1.60. The third-order valence-electron chi connectivity index (χ3n) is 4.15. The van der Waals surface area contributed by atoms with Crippen LogP contribution in [0.2, 0.25) is 0 Å². The second-order valence-electron chi connectivity index (χ2n) is 5.70. The topological polar surface area (TPSA) is 70.1 Å². The van der Waals surface area contributed by atoms with Crippen LogP contribution >= 0.6 is 0 Å². The average molecular weight is 299 g/mol. The molecule has 22 heavy (non-hydrogen) atoms. The fourth-order valence-electron chi connectivity index (χ4n) is 2.93. The summed E-state index contributed by atoms with van der Waals surface area (Å²) in [6, 6.07) is 8.08. The van der Waals surface area contributed by atoms with Gasteiger partial charge in [-0.15, -0.1) is 0 Å². The van der Waals surface area contributed by atoms with Gasteiger partial charge in [0.15, 0.2) is 0 Å². The van der Waals surface area contributed by atoms with Crippen molar-refractivity contribution in [3.63, 3.8) is 0 Å². The molecule has 2 aromatic rings. The molecule has 0 saturated carbocycles. The van der Waals surface area contributed by atoms with Gasteiger partial charge in [0.2, 0.25) is 0 Å². The summed E-state index contributed by atoms with van der Waals surface area (Å²) in [5.74, 6) is 0. The Hall–Kier alpha value is -2.14. The first-order valence-corrected chi connectivity index (χ1v) is 7.68.